The van der Waals surface area contributed by atoms with Gasteiger partial charge in [0.1, 0.15) is 11.6 Å². The molecule has 0 spiro atoms. The summed E-state index contributed by atoms with van der Waals surface area (Å²) in [6, 6.07) is 11.4. The molecule has 2 aromatic carbocycles. The zero-order valence-electron chi connectivity index (χ0n) is 8.48. The number of nitrogen functional groups attached to an aromatic ring is 2. The Kier molecular flexibility index (Phi) is 2.64. The van der Waals surface area contributed by atoms with E-state index < -0.39 is 5.82 Å². The first-order valence-electron chi connectivity index (χ1n) is 4.74. The molecule has 0 saturated carbocycles. The summed E-state index contributed by atoms with van der Waals surface area (Å²) in [5.74, 6) is 0.334. The zero-order valence-corrected chi connectivity index (χ0v) is 8.48. The van der Waals surface area contributed by atoms with Gasteiger partial charge in [-0.25, -0.2) is 4.39 Å². The van der Waals surface area contributed by atoms with Crippen LogP contribution in [-0.4, -0.2) is 0 Å². The third-order valence-corrected chi connectivity index (χ3v) is 2.11. The average molecular weight is 218 g/mol. The van der Waals surface area contributed by atoms with E-state index in [0.717, 1.165) is 6.07 Å². The predicted molar refractivity (Wildman–Crippen MR) is 61.7 cm³/mol. The number of halogens is 1. The Morgan fingerprint density at radius 2 is 1.69 bits per heavy atom. The van der Waals surface area contributed by atoms with Gasteiger partial charge in [0.2, 0.25) is 0 Å². The van der Waals surface area contributed by atoms with Gasteiger partial charge in [-0.1, -0.05) is 18.2 Å². The summed E-state index contributed by atoms with van der Waals surface area (Å²) in [5.41, 5.74) is 11.6. The van der Waals surface area contributed by atoms with E-state index in [1.54, 1.807) is 12.1 Å². The van der Waals surface area contributed by atoms with Gasteiger partial charge in [0.05, 0.1) is 11.4 Å². The highest BCUT2D eigenvalue weighted by atomic mass is 19.1. The van der Waals surface area contributed by atoms with Crippen LogP contribution in [0.25, 0.3) is 0 Å². The largest absolute Gasteiger partial charge is 0.455 e. The van der Waals surface area contributed by atoms with Gasteiger partial charge in [0.25, 0.3) is 0 Å². The van der Waals surface area contributed by atoms with Gasteiger partial charge in [-0.05, 0) is 18.2 Å². The Bertz CT molecular complexity index is 500. The maximum atomic E-state index is 13.1. The molecule has 0 bridgehead atoms. The first kappa shape index (κ1) is 10.3. The third kappa shape index (κ3) is 2.06. The number of benzene rings is 2. The lowest BCUT2D eigenvalue weighted by Crippen LogP contribution is -1.99. The lowest BCUT2D eigenvalue weighted by Gasteiger charge is -2.10. The molecule has 0 heterocycles. The smallest absolute Gasteiger partial charge is 0.155 e. The van der Waals surface area contributed by atoms with E-state index in [1.807, 2.05) is 18.2 Å². The van der Waals surface area contributed by atoms with Crippen molar-refractivity contribution >= 4 is 11.4 Å². The molecule has 3 nitrogen and oxygen atoms in total. The summed E-state index contributed by atoms with van der Waals surface area (Å²) in [6.07, 6.45) is 0. The first-order valence-corrected chi connectivity index (χ1v) is 4.74. The molecule has 0 aliphatic rings. The lowest BCUT2D eigenvalue weighted by molar-refractivity contribution is 0.479. The third-order valence-electron chi connectivity index (χ3n) is 2.11. The molecule has 0 radical (unpaired) electrons. The van der Waals surface area contributed by atoms with E-state index in [0.29, 0.717) is 5.75 Å². The minimum Gasteiger partial charge on any atom is -0.455 e. The number of rotatable bonds is 2. The molecular weight excluding hydrogens is 207 g/mol. The van der Waals surface area contributed by atoms with Gasteiger partial charge in [-0.15, -0.1) is 0 Å². The lowest BCUT2D eigenvalue weighted by atomic mass is 10.2. The van der Waals surface area contributed by atoms with Crippen LogP contribution in [0.4, 0.5) is 15.8 Å². The molecule has 0 aromatic heterocycles. The monoisotopic (exact) mass is 218 g/mol. The van der Waals surface area contributed by atoms with E-state index in [9.17, 15) is 4.39 Å². The Morgan fingerprint density at radius 3 is 2.38 bits per heavy atom. The number of nitrogens with two attached hydrogens (primary N) is 2. The van der Waals surface area contributed by atoms with Crippen molar-refractivity contribution in [2.45, 2.75) is 0 Å². The summed E-state index contributed by atoms with van der Waals surface area (Å²) in [4.78, 5) is 0. The average Bonchev–Trinajstić information content (AvgIpc) is 2.27. The molecule has 0 unspecified atom stereocenters. The molecule has 0 saturated heterocycles. The zero-order chi connectivity index (χ0) is 11.5. The molecule has 0 aliphatic carbocycles. The molecule has 2 rings (SSSR count). The molecule has 0 atom stereocenters. The van der Waals surface area contributed by atoms with Gasteiger partial charge in [-0.2, -0.15) is 0 Å². The number of hydrogen-bond donors (Lipinski definition) is 2. The van der Waals surface area contributed by atoms with E-state index in [4.69, 9.17) is 16.2 Å². The van der Waals surface area contributed by atoms with Crippen LogP contribution < -0.4 is 16.2 Å². The van der Waals surface area contributed by atoms with Gasteiger partial charge >= 0.3 is 0 Å². The topological polar surface area (TPSA) is 61.3 Å². The molecule has 0 fully saturated rings. The normalized spacial score (nSPS) is 10.1. The second-order valence-corrected chi connectivity index (χ2v) is 3.32. The SMILES string of the molecule is Nc1cc(F)cc(Oc2ccccc2)c1N. The van der Waals surface area contributed by atoms with Gasteiger partial charge < -0.3 is 16.2 Å². The fraction of sp³-hybridized carbons (Fsp3) is 0. The number of hydrogen-bond acceptors (Lipinski definition) is 3. The van der Waals surface area contributed by atoms with Crippen LogP contribution in [0, 0.1) is 5.82 Å². The van der Waals surface area contributed by atoms with Crippen molar-refractivity contribution in [1.29, 1.82) is 0 Å². The minimum atomic E-state index is -0.474. The molecule has 16 heavy (non-hydrogen) atoms. The molecule has 2 aromatic rings. The summed E-state index contributed by atoms with van der Waals surface area (Å²) in [6.45, 7) is 0. The molecule has 4 N–H and O–H groups in total. The van der Waals surface area contributed by atoms with Crippen LogP contribution in [0.2, 0.25) is 0 Å². The van der Waals surface area contributed by atoms with Crippen molar-refractivity contribution in [3.05, 3.63) is 48.3 Å². The van der Waals surface area contributed by atoms with Crippen LogP contribution in [-0.2, 0) is 0 Å². The quantitative estimate of drug-likeness (QED) is 0.762. The van der Waals surface area contributed by atoms with E-state index in [-0.39, 0.29) is 17.1 Å². The second-order valence-electron chi connectivity index (χ2n) is 3.32. The maximum absolute atomic E-state index is 13.1. The predicted octanol–water partition coefficient (Wildman–Crippen LogP) is 2.78. The van der Waals surface area contributed by atoms with Crippen LogP contribution in [0.3, 0.4) is 0 Å². The number of para-hydroxylation sites is 1. The van der Waals surface area contributed by atoms with Crippen molar-refractivity contribution in [3.8, 4) is 11.5 Å². The van der Waals surface area contributed by atoms with Crippen LogP contribution in [0.5, 0.6) is 11.5 Å². The standard InChI is InChI=1S/C12H11FN2O/c13-8-6-10(14)12(15)11(7-8)16-9-4-2-1-3-5-9/h1-7H,14-15H2. The highest BCUT2D eigenvalue weighted by Crippen LogP contribution is 2.32. The number of ether oxygens (including phenoxy) is 1. The van der Waals surface area contributed by atoms with Gasteiger partial charge in [0.15, 0.2) is 5.75 Å². The maximum Gasteiger partial charge on any atom is 0.155 e. The van der Waals surface area contributed by atoms with Gasteiger partial charge in [0, 0.05) is 6.07 Å². The molecule has 0 amide bonds. The molecule has 0 aliphatic heterocycles. The van der Waals surface area contributed by atoms with E-state index in [1.165, 1.54) is 6.07 Å². The van der Waals surface area contributed by atoms with E-state index >= 15 is 0 Å². The summed E-state index contributed by atoms with van der Waals surface area (Å²) in [7, 11) is 0. The van der Waals surface area contributed by atoms with Crippen molar-refractivity contribution < 1.29 is 9.13 Å². The van der Waals surface area contributed by atoms with Crippen molar-refractivity contribution in [2.24, 2.45) is 0 Å². The van der Waals surface area contributed by atoms with Gasteiger partial charge in [-0.3, -0.25) is 0 Å². The Balaban J connectivity index is 2.35. The molecule has 82 valence electrons. The van der Waals surface area contributed by atoms with Crippen molar-refractivity contribution in [2.75, 3.05) is 11.5 Å². The second kappa shape index (κ2) is 4.10. The van der Waals surface area contributed by atoms with Crippen LogP contribution >= 0.6 is 0 Å². The molecular formula is C12H11FN2O. The number of anilines is 2. The van der Waals surface area contributed by atoms with Crippen LogP contribution in [0.1, 0.15) is 0 Å². The Labute approximate surface area is 92.4 Å². The first-order chi connectivity index (χ1) is 7.66. The molecule has 4 heteroatoms. The minimum absolute atomic E-state index is 0.172. The summed E-state index contributed by atoms with van der Waals surface area (Å²) < 4.78 is 18.5. The van der Waals surface area contributed by atoms with Crippen molar-refractivity contribution in [1.82, 2.24) is 0 Å². The highest BCUT2D eigenvalue weighted by molar-refractivity contribution is 5.71. The van der Waals surface area contributed by atoms with E-state index in [2.05, 4.69) is 0 Å². The fourth-order valence-corrected chi connectivity index (χ4v) is 1.31. The Morgan fingerprint density at radius 1 is 1.00 bits per heavy atom. The van der Waals surface area contributed by atoms with Crippen LogP contribution in [0.15, 0.2) is 42.5 Å². The Hall–Kier alpha value is -2.23. The summed E-state index contributed by atoms with van der Waals surface area (Å²) >= 11 is 0. The summed E-state index contributed by atoms with van der Waals surface area (Å²) in [5, 5.41) is 0. The highest BCUT2D eigenvalue weighted by Gasteiger charge is 2.07. The van der Waals surface area contributed by atoms with Crippen molar-refractivity contribution in [3.63, 3.8) is 0 Å². The fourth-order valence-electron chi connectivity index (χ4n) is 1.31.